The summed E-state index contributed by atoms with van der Waals surface area (Å²) in [7, 11) is 2.98. The fourth-order valence-corrected chi connectivity index (χ4v) is 0.673. The van der Waals surface area contributed by atoms with Crippen LogP contribution in [0.2, 0.25) is 0 Å². The van der Waals surface area contributed by atoms with Crippen molar-refractivity contribution in [2.45, 2.75) is 25.7 Å². The lowest BCUT2D eigenvalue weighted by molar-refractivity contribution is -0.200. The Morgan fingerprint density at radius 2 is 1.56 bits per heavy atom. The third-order valence-corrected chi connectivity index (χ3v) is 1.00. The highest BCUT2D eigenvalue weighted by atomic mass is 16.7. The van der Waals surface area contributed by atoms with Crippen molar-refractivity contribution in [2.24, 2.45) is 0 Å². The monoisotopic (exact) mass is 134 g/mol. The van der Waals surface area contributed by atoms with Crippen LogP contribution in [0.1, 0.15) is 13.8 Å². The van der Waals surface area contributed by atoms with E-state index in [1.54, 1.807) is 13.8 Å². The Morgan fingerprint density at radius 1 is 1.22 bits per heavy atom. The van der Waals surface area contributed by atoms with E-state index >= 15 is 0 Å². The van der Waals surface area contributed by atoms with Gasteiger partial charge in [-0.15, -0.1) is 0 Å². The van der Waals surface area contributed by atoms with Crippen LogP contribution in [0.15, 0.2) is 0 Å². The zero-order valence-electron chi connectivity index (χ0n) is 6.34. The molecule has 0 aliphatic rings. The lowest BCUT2D eigenvalue weighted by atomic mass is 10.1. The van der Waals surface area contributed by atoms with E-state index in [2.05, 4.69) is 0 Å². The molecular weight excluding hydrogens is 120 g/mol. The van der Waals surface area contributed by atoms with Gasteiger partial charge in [-0.05, 0) is 13.8 Å². The van der Waals surface area contributed by atoms with Gasteiger partial charge >= 0.3 is 0 Å². The van der Waals surface area contributed by atoms with Crippen molar-refractivity contribution in [3.8, 4) is 0 Å². The van der Waals surface area contributed by atoms with Crippen molar-refractivity contribution in [3.63, 3.8) is 0 Å². The zero-order valence-corrected chi connectivity index (χ0v) is 6.34. The molecule has 0 rings (SSSR count). The standard InChI is InChI=1S/C6H14O3/c1-6(2,7)5(8-3)9-4/h5,7H,1-4H3. The van der Waals surface area contributed by atoms with Crippen LogP contribution in [0.5, 0.6) is 0 Å². The second-order valence-corrected chi connectivity index (χ2v) is 2.46. The van der Waals surface area contributed by atoms with Crippen LogP contribution >= 0.6 is 0 Å². The molecule has 0 aliphatic heterocycles. The molecule has 0 aromatic heterocycles. The smallest absolute Gasteiger partial charge is 0.185 e. The second kappa shape index (κ2) is 3.15. The molecule has 0 bridgehead atoms. The van der Waals surface area contributed by atoms with E-state index in [1.165, 1.54) is 14.2 Å². The maximum absolute atomic E-state index is 9.23. The summed E-state index contributed by atoms with van der Waals surface area (Å²) < 4.78 is 9.58. The summed E-state index contributed by atoms with van der Waals surface area (Å²) >= 11 is 0. The normalized spacial score (nSPS) is 12.7. The summed E-state index contributed by atoms with van der Waals surface area (Å²) in [6.45, 7) is 3.26. The molecular formula is C6H14O3. The van der Waals surface area contributed by atoms with E-state index in [1.807, 2.05) is 0 Å². The van der Waals surface area contributed by atoms with E-state index in [0.29, 0.717) is 0 Å². The summed E-state index contributed by atoms with van der Waals surface area (Å²) in [6, 6.07) is 0. The third kappa shape index (κ3) is 2.79. The first-order valence-electron chi connectivity index (χ1n) is 2.80. The molecule has 0 unspecified atom stereocenters. The largest absolute Gasteiger partial charge is 0.385 e. The lowest BCUT2D eigenvalue weighted by Gasteiger charge is -2.25. The minimum atomic E-state index is -0.927. The predicted molar refractivity (Wildman–Crippen MR) is 34.1 cm³/mol. The summed E-state index contributed by atoms with van der Waals surface area (Å²) in [6.07, 6.45) is -0.544. The number of hydrogen-bond acceptors (Lipinski definition) is 3. The molecule has 0 saturated carbocycles. The number of ether oxygens (including phenoxy) is 2. The van der Waals surface area contributed by atoms with Gasteiger partial charge in [-0.1, -0.05) is 0 Å². The van der Waals surface area contributed by atoms with Gasteiger partial charge in [0.05, 0.1) is 0 Å². The Hall–Kier alpha value is -0.120. The van der Waals surface area contributed by atoms with Crippen molar-refractivity contribution in [3.05, 3.63) is 0 Å². The number of rotatable bonds is 3. The molecule has 3 heteroatoms. The fraction of sp³-hybridized carbons (Fsp3) is 1.00. The third-order valence-electron chi connectivity index (χ3n) is 1.00. The van der Waals surface area contributed by atoms with Gasteiger partial charge in [-0.2, -0.15) is 0 Å². The molecule has 0 aromatic rings. The molecule has 0 heterocycles. The molecule has 0 saturated heterocycles. The first-order chi connectivity index (χ1) is 4.02. The van der Waals surface area contributed by atoms with Crippen molar-refractivity contribution in [1.82, 2.24) is 0 Å². The second-order valence-electron chi connectivity index (χ2n) is 2.46. The maximum atomic E-state index is 9.23. The first-order valence-corrected chi connectivity index (χ1v) is 2.80. The summed E-state index contributed by atoms with van der Waals surface area (Å²) in [5.41, 5.74) is -0.927. The first kappa shape index (κ1) is 8.88. The Balaban J connectivity index is 3.79. The topological polar surface area (TPSA) is 38.7 Å². The van der Waals surface area contributed by atoms with Gasteiger partial charge in [0, 0.05) is 14.2 Å². The highest BCUT2D eigenvalue weighted by molar-refractivity contribution is 4.68. The minimum absolute atomic E-state index is 0.544. The van der Waals surface area contributed by atoms with E-state index in [0.717, 1.165) is 0 Å². The molecule has 0 amide bonds. The molecule has 1 N–H and O–H groups in total. The molecule has 3 nitrogen and oxygen atoms in total. The Morgan fingerprint density at radius 3 is 1.56 bits per heavy atom. The fourth-order valence-electron chi connectivity index (χ4n) is 0.673. The van der Waals surface area contributed by atoms with Crippen molar-refractivity contribution in [1.29, 1.82) is 0 Å². The van der Waals surface area contributed by atoms with Gasteiger partial charge in [-0.25, -0.2) is 0 Å². The predicted octanol–water partition coefficient (Wildman–Crippen LogP) is 0.376. The molecule has 0 spiro atoms. The zero-order chi connectivity index (χ0) is 7.49. The van der Waals surface area contributed by atoms with Gasteiger partial charge in [0.1, 0.15) is 5.60 Å². The van der Waals surface area contributed by atoms with Crippen molar-refractivity contribution in [2.75, 3.05) is 14.2 Å². The van der Waals surface area contributed by atoms with E-state index in [-0.39, 0.29) is 0 Å². The van der Waals surface area contributed by atoms with Crippen LogP contribution in [0, 0.1) is 0 Å². The molecule has 56 valence electrons. The highest BCUT2D eigenvalue weighted by Crippen LogP contribution is 2.11. The Labute approximate surface area is 55.6 Å². The van der Waals surface area contributed by atoms with E-state index < -0.39 is 11.9 Å². The quantitative estimate of drug-likeness (QED) is 0.567. The van der Waals surface area contributed by atoms with E-state index in [4.69, 9.17) is 9.47 Å². The summed E-state index contributed by atoms with van der Waals surface area (Å²) in [5.74, 6) is 0. The summed E-state index contributed by atoms with van der Waals surface area (Å²) in [4.78, 5) is 0. The molecule has 0 fully saturated rings. The SMILES string of the molecule is COC(OC)C(C)(C)O. The van der Waals surface area contributed by atoms with Crippen molar-refractivity contribution < 1.29 is 14.6 Å². The van der Waals surface area contributed by atoms with Gasteiger partial charge in [0.2, 0.25) is 0 Å². The molecule has 9 heavy (non-hydrogen) atoms. The highest BCUT2D eigenvalue weighted by Gasteiger charge is 2.25. The van der Waals surface area contributed by atoms with Gasteiger partial charge in [0.15, 0.2) is 6.29 Å². The molecule has 0 atom stereocenters. The van der Waals surface area contributed by atoms with E-state index in [9.17, 15) is 5.11 Å². The Bertz CT molecular complexity index is 70.9. The average molecular weight is 134 g/mol. The lowest BCUT2D eigenvalue weighted by Crippen LogP contribution is -2.38. The number of methoxy groups -OCH3 is 2. The number of hydrogen-bond donors (Lipinski definition) is 1. The Kier molecular flexibility index (Phi) is 3.11. The molecule has 0 aliphatic carbocycles. The molecule has 0 radical (unpaired) electrons. The summed E-state index contributed by atoms with van der Waals surface area (Å²) in [5, 5.41) is 9.23. The molecule has 0 aromatic carbocycles. The minimum Gasteiger partial charge on any atom is -0.385 e. The van der Waals surface area contributed by atoms with Crippen LogP contribution in [0.3, 0.4) is 0 Å². The number of aliphatic hydroxyl groups is 1. The average Bonchev–Trinajstić information content (AvgIpc) is 1.65. The van der Waals surface area contributed by atoms with Gasteiger partial charge < -0.3 is 14.6 Å². The van der Waals surface area contributed by atoms with Crippen LogP contribution in [-0.2, 0) is 9.47 Å². The van der Waals surface area contributed by atoms with Crippen LogP contribution in [0.4, 0.5) is 0 Å². The van der Waals surface area contributed by atoms with Gasteiger partial charge in [0.25, 0.3) is 0 Å². The van der Waals surface area contributed by atoms with Crippen LogP contribution in [0.25, 0.3) is 0 Å². The maximum Gasteiger partial charge on any atom is 0.185 e. The van der Waals surface area contributed by atoms with Crippen LogP contribution in [-0.4, -0.2) is 31.2 Å². The van der Waals surface area contributed by atoms with Crippen LogP contribution < -0.4 is 0 Å². The van der Waals surface area contributed by atoms with Crippen molar-refractivity contribution >= 4 is 0 Å². The van der Waals surface area contributed by atoms with Gasteiger partial charge in [-0.3, -0.25) is 0 Å².